The molecule has 2 aromatic rings. The van der Waals surface area contributed by atoms with Crippen LogP contribution in [0.15, 0.2) is 54.6 Å². The van der Waals surface area contributed by atoms with Gasteiger partial charge in [0.15, 0.2) is 0 Å². The van der Waals surface area contributed by atoms with Gasteiger partial charge in [0.25, 0.3) is 0 Å². The van der Waals surface area contributed by atoms with Gasteiger partial charge in [-0.1, -0.05) is 42.5 Å². The third-order valence-corrected chi connectivity index (χ3v) is 3.78. The van der Waals surface area contributed by atoms with E-state index in [4.69, 9.17) is 4.74 Å². The van der Waals surface area contributed by atoms with E-state index in [1.807, 2.05) is 54.6 Å². The predicted octanol–water partition coefficient (Wildman–Crippen LogP) is 3.64. The van der Waals surface area contributed by atoms with Crippen LogP contribution in [0.3, 0.4) is 0 Å². The molecular weight excluding hydrogens is 262 g/mol. The first-order valence-corrected chi connectivity index (χ1v) is 7.39. The number of hydrogen-bond acceptors (Lipinski definition) is 3. The summed E-state index contributed by atoms with van der Waals surface area (Å²) in [6.45, 7) is 2.35. The van der Waals surface area contributed by atoms with Crippen LogP contribution in [0.25, 0.3) is 0 Å². The molecule has 1 saturated heterocycles. The van der Waals surface area contributed by atoms with E-state index in [-0.39, 0.29) is 5.97 Å². The SMILES string of the molecule is O=C(OCc1ccccc1)c1ccccc1N1CCCC1. The molecule has 0 N–H and O–H groups in total. The molecule has 3 rings (SSSR count). The van der Waals surface area contributed by atoms with Gasteiger partial charge in [-0.3, -0.25) is 0 Å². The van der Waals surface area contributed by atoms with Crippen LogP contribution in [0, 0.1) is 0 Å². The monoisotopic (exact) mass is 281 g/mol. The Morgan fingerprint density at radius 1 is 0.952 bits per heavy atom. The molecule has 0 aliphatic carbocycles. The van der Waals surface area contributed by atoms with E-state index in [9.17, 15) is 4.79 Å². The fourth-order valence-corrected chi connectivity index (χ4v) is 2.68. The lowest BCUT2D eigenvalue weighted by Gasteiger charge is -2.20. The van der Waals surface area contributed by atoms with E-state index in [1.165, 1.54) is 12.8 Å². The topological polar surface area (TPSA) is 29.5 Å². The van der Waals surface area contributed by atoms with Crippen molar-refractivity contribution in [3.05, 3.63) is 65.7 Å². The molecule has 0 unspecified atom stereocenters. The lowest BCUT2D eigenvalue weighted by molar-refractivity contribution is 0.0473. The zero-order valence-electron chi connectivity index (χ0n) is 12.0. The lowest BCUT2D eigenvalue weighted by atomic mass is 10.1. The van der Waals surface area contributed by atoms with Crippen molar-refractivity contribution in [1.82, 2.24) is 0 Å². The number of esters is 1. The quantitative estimate of drug-likeness (QED) is 0.801. The second-order valence-corrected chi connectivity index (χ2v) is 5.27. The molecule has 1 aliphatic heterocycles. The van der Waals surface area contributed by atoms with Crippen molar-refractivity contribution in [3.8, 4) is 0 Å². The molecule has 0 atom stereocenters. The van der Waals surface area contributed by atoms with E-state index in [0.717, 1.165) is 24.3 Å². The van der Waals surface area contributed by atoms with Gasteiger partial charge in [-0.2, -0.15) is 0 Å². The van der Waals surface area contributed by atoms with Gasteiger partial charge < -0.3 is 9.64 Å². The summed E-state index contributed by atoms with van der Waals surface area (Å²) in [5, 5.41) is 0. The highest BCUT2D eigenvalue weighted by atomic mass is 16.5. The summed E-state index contributed by atoms with van der Waals surface area (Å²) in [6, 6.07) is 17.5. The Morgan fingerprint density at radius 2 is 1.62 bits per heavy atom. The first-order chi connectivity index (χ1) is 10.3. The number of benzene rings is 2. The molecule has 108 valence electrons. The molecule has 0 amide bonds. The van der Waals surface area contributed by atoms with Crippen LogP contribution in [0.1, 0.15) is 28.8 Å². The van der Waals surface area contributed by atoms with E-state index < -0.39 is 0 Å². The van der Waals surface area contributed by atoms with Crippen LogP contribution in [-0.2, 0) is 11.3 Å². The molecule has 0 spiro atoms. The number of carbonyl (C=O) groups excluding carboxylic acids is 1. The normalized spacial score (nSPS) is 14.2. The van der Waals surface area contributed by atoms with Crippen molar-refractivity contribution < 1.29 is 9.53 Å². The Hall–Kier alpha value is -2.29. The Bertz CT molecular complexity index is 604. The van der Waals surface area contributed by atoms with Gasteiger partial charge in [-0.25, -0.2) is 4.79 Å². The zero-order chi connectivity index (χ0) is 14.5. The van der Waals surface area contributed by atoms with Gasteiger partial charge in [0.1, 0.15) is 6.61 Å². The standard InChI is InChI=1S/C18H19NO2/c20-18(21-14-15-8-2-1-3-9-15)16-10-4-5-11-17(16)19-12-6-7-13-19/h1-5,8-11H,6-7,12-14H2. The predicted molar refractivity (Wildman–Crippen MR) is 83.5 cm³/mol. The maximum atomic E-state index is 12.3. The van der Waals surface area contributed by atoms with Gasteiger partial charge in [0, 0.05) is 13.1 Å². The summed E-state index contributed by atoms with van der Waals surface area (Å²) < 4.78 is 5.45. The molecule has 0 bridgehead atoms. The Morgan fingerprint density at radius 3 is 2.38 bits per heavy atom. The molecule has 3 heteroatoms. The fraction of sp³-hybridized carbons (Fsp3) is 0.278. The van der Waals surface area contributed by atoms with Crippen LogP contribution in [-0.4, -0.2) is 19.1 Å². The molecule has 1 fully saturated rings. The molecule has 0 saturated carbocycles. The number of anilines is 1. The van der Waals surface area contributed by atoms with Gasteiger partial charge in [-0.05, 0) is 30.5 Å². The van der Waals surface area contributed by atoms with Gasteiger partial charge in [-0.15, -0.1) is 0 Å². The minimum absolute atomic E-state index is 0.249. The smallest absolute Gasteiger partial charge is 0.340 e. The molecule has 1 aliphatic rings. The number of nitrogens with zero attached hydrogens (tertiary/aromatic N) is 1. The lowest BCUT2D eigenvalue weighted by Crippen LogP contribution is -2.21. The summed E-state index contributed by atoms with van der Waals surface area (Å²) in [4.78, 5) is 14.6. The molecule has 21 heavy (non-hydrogen) atoms. The first kappa shape index (κ1) is 13.7. The highest BCUT2D eigenvalue weighted by Crippen LogP contribution is 2.25. The van der Waals surface area contributed by atoms with Gasteiger partial charge >= 0.3 is 5.97 Å². The summed E-state index contributed by atoms with van der Waals surface area (Å²) in [6.07, 6.45) is 2.38. The van der Waals surface area contributed by atoms with Crippen molar-refractivity contribution >= 4 is 11.7 Å². The fourth-order valence-electron chi connectivity index (χ4n) is 2.68. The van der Waals surface area contributed by atoms with Crippen molar-refractivity contribution in [2.24, 2.45) is 0 Å². The van der Waals surface area contributed by atoms with E-state index in [0.29, 0.717) is 12.2 Å². The van der Waals surface area contributed by atoms with Crippen LogP contribution < -0.4 is 4.90 Å². The van der Waals surface area contributed by atoms with Crippen LogP contribution in [0.5, 0.6) is 0 Å². The zero-order valence-corrected chi connectivity index (χ0v) is 12.0. The summed E-state index contributed by atoms with van der Waals surface area (Å²) in [5.74, 6) is -0.249. The largest absolute Gasteiger partial charge is 0.457 e. The number of para-hydroxylation sites is 1. The number of hydrogen-bond donors (Lipinski definition) is 0. The number of ether oxygens (including phenoxy) is 1. The molecule has 0 aromatic heterocycles. The highest BCUT2D eigenvalue weighted by Gasteiger charge is 2.19. The van der Waals surface area contributed by atoms with Crippen molar-refractivity contribution in [1.29, 1.82) is 0 Å². The number of rotatable bonds is 4. The molecule has 1 heterocycles. The molecule has 2 aromatic carbocycles. The second-order valence-electron chi connectivity index (χ2n) is 5.27. The Kier molecular flexibility index (Phi) is 4.20. The highest BCUT2D eigenvalue weighted by molar-refractivity contribution is 5.95. The average molecular weight is 281 g/mol. The molecule has 0 radical (unpaired) electrons. The second kappa shape index (κ2) is 6.44. The maximum Gasteiger partial charge on any atom is 0.340 e. The van der Waals surface area contributed by atoms with Crippen molar-refractivity contribution in [3.63, 3.8) is 0 Å². The van der Waals surface area contributed by atoms with Crippen LogP contribution in [0.4, 0.5) is 5.69 Å². The van der Waals surface area contributed by atoms with E-state index >= 15 is 0 Å². The minimum atomic E-state index is -0.249. The first-order valence-electron chi connectivity index (χ1n) is 7.39. The molecular formula is C18H19NO2. The summed E-state index contributed by atoms with van der Waals surface area (Å²) in [7, 11) is 0. The average Bonchev–Trinajstić information content (AvgIpc) is 3.08. The van der Waals surface area contributed by atoms with Crippen molar-refractivity contribution in [2.75, 3.05) is 18.0 Å². The van der Waals surface area contributed by atoms with Gasteiger partial charge in [0.2, 0.25) is 0 Å². The summed E-state index contributed by atoms with van der Waals surface area (Å²) in [5.41, 5.74) is 2.66. The van der Waals surface area contributed by atoms with E-state index in [1.54, 1.807) is 0 Å². The Balaban J connectivity index is 1.72. The summed E-state index contributed by atoms with van der Waals surface area (Å²) >= 11 is 0. The maximum absolute atomic E-state index is 12.3. The third kappa shape index (κ3) is 3.24. The van der Waals surface area contributed by atoms with E-state index in [2.05, 4.69) is 4.90 Å². The van der Waals surface area contributed by atoms with Crippen LogP contribution >= 0.6 is 0 Å². The minimum Gasteiger partial charge on any atom is -0.457 e. The number of carbonyl (C=O) groups is 1. The van der Waals surface area contributed by atoms with Gasteiger partial charge in [0.05, 0.1) is 11.3 Å². The molecule has 3 nitrogen and oxygen atoms in total. The van der Waals surface area contributed by atoms with Crippen molar-refractivity contribution in [2.45, 2.75) is 19.4 Å². The Labute approximate surface area is 125 Å². The van der Waals surface area contributed by atoms with Crippen LogP contribution in [0.2, 0.25) is 0 Å². The third-order valence-electron chi connectivity index (χ3n) is 3.78.